The largest absolute Gasteiger partial charge is 0.394 e. The molecule has 10 nitrogen and oxygen atoms in total. The zero-order valence-corrected chi connectivity index (χ0v) is 29.0. The van der Waals surface area contributed by atoms with Crippen LogP contribution in [0.2, 0.25) is 0 Å². The maximum absolute atomic E-state index is 10.4. The summed E-state index contributed by atoms with van der Waals surface area (Å²) in [6.45, 7) is 1.28. The fourth-order valence-corrected chi connectivity index (χ4v) is 4.84. The SMILES string of the molecule is CCS[C@@H]1OC(CO)[C@@H](O[C@H]2OC(CO)[C@@H](O)[C@H](OC)C2OC)[C@H](OC)C1OC.[Ac].[Ac]. The van der Waals surface area contributed by atoms with Gasteiger partial charge in [-0.3, -0.25) is 0 Å². The van der Waals surface area contributed by atoms with Crippen molar-refractivity contribution in [1.29, 1.82) is 0 Å². The van der Waals surface area contributed by atoms with E-state index in [1.807, 2.05) is 6.92 Å². The van der Waals surface area contributed by atoms with Crippen LogP contribution in [0, 0.1) is 88.1 Å². The van der Waals surface area contributed by atoms with E-state index in [9.17, 15) is 15.3 Å². The van der Waals surface area contributed by atoms with E-state index in [2.05, 4.69) is 0 Å². The molecule has 0 aromatic rings. The topological polar surface area (TPSA) is 125 Å². The number of thioether (sulfide) groups is 1. The molecule has 31 heavy (non-hydrogen) atoms. The molecule has 2 aliphatic heterocycles. The minimum atomic E-state index is -1.10. The molecular weight excluding hydrogens is 862 g/mol. The fourth-order valence-electron chi connectivity index (χ4n) is 3.83. The molecule has 2 saturated heterocycles. The molecule has 4 unspecified atom stereocenters. The first-order valence-electron chi connectivity index (χ1n) is 9.60. The van der Waals surface area contributed by atoms with Crippen LogP contribution in [0.3, 0.4) is 0 Å². The van der Waals surface area contributed by atoms with Gasteiger partial charge in [0.05, 0.1) is 13.2 Å². The third-order valence-corrected chi connectivity index (χ3v) is 6.32. The van der Waals surface area contributed by atoms with E-state index >= 15 is 0 Å². The molecule has 2 rings (SSSR count). The van der Waals surface area contributed by atoms with Gasteiger partial charge < -0.3 is 48.5 Å². The van der Waals surface area contributed by atoms with Gasteiger partial charge in [0.15, 0.2) is 6.29 Å². The fraction of sp³-hybridized carbons (Fsp3) is 1.00. The summed E-state index contributed by atoms with van der Waals surface area (Å²) < 4.78 is 40.1. The predicted octanol–water partition coefficient (Wildman–Crippen LogP) is -1.02. The Labute approximate surface area is 259 Å². The number of methoxy groups -OCH3 is 4. The number of ether oxygens (including phenoxy) is 7. The summed E-state index contributed by atoms with van der Waals surface area (Å²) >= 11 is 1.55. The third kappa shape index (κ3) is 8.16. The Hall–Kier alpha value is 2.83. The molecule has 3 N–H and O–H groups in total. The quantitative estimate of drug-likeness (QED) is 0.250. The molecule has 0 aliphatic carbocycles. The Kier molecular flexibility index (Phi) is 18.9. The van der Waals surface area contributed by atoms with E-state index in [-0.39, 0.29) is 100 Å². The zero-order chi connectivity index (χ0) is 21.6. The second-order valence-corrected chi connectivity index (χ2v) is 8.17. The van der Waals surface area contributed by atoms with Gasteiger partial charge in [-0.1, -0.05) is 6.92 Å². The van der Waals surface area contributed by atoms with Gasteiger partial charge in [0.25, 0.3) is 0 Å². The van der Waals surface area contributed by atoms with Gasteiger partial charge in [0.1, 0.15) is 54.3 Å². The van der Waals surface area contributed by atoms with Gasteiger partial charge in [-0.15, -0.1) is 11.8 Å². The first-order valence-corrected chi connectivity index (χ1v) is 10.6. The van der Waals surface area contributed by atoms with Crippen LogP contribution >= 0.6 is 11.8 Å². The van der Waals surface area contributed by atoms with Gasteiger partial charge in [-0.05, 0) is 5.75 Å². The van der Waals surface area contributed by atoms with Crippen molar-refractivity contribution in [2.45, 2.75) is 67.5 Å². The molecule has 0 bridgehead atoms. The Balaban J connectivity index is 0.00000450. The van der Waals surface area contributed by atoms with Crippen molar-refractivity contribution in [3.63, 3.8) is 0 Å². The second kappa shape index (κ2) is 17.3. The summed E-state index contributed by atoms with van der Waals surface area (Å²) in [4.78, 5) is 0. The van der Waals surface area contributed by atoms with Gasteiger partial charge in [0.2, 0.25) is 0 Å². The van der Waals surface area contributed by atoms with E-state index in [0.29, 0.717) is 0 Å². The molecule has 2 heterocycles. The summed E-state index contributed by atoms with van der Waals surface area (Å²) in [6.07, 6.45) is -7.03. The van der Waals surface area contributed by atoms with Crippen molar-refractivity contribution in [2.75, 3.05) is 47.4 Å². The zero-order valence-electron chi connectivity index (χ0n) is 18.7. The monoisotopic (exact) mass is 896 g/mol. The van der Waals surface area contributed by atoms with Crippen LogP contribution in [0.15, 0.2) is 0 Å². The molecule has 2 fully saturated rings. The molecule has 13 heteroatoms. The van der Waals surface area contributed by atoms with Crippen molar-refractivity contribution < 1.29 is 137 Å². The van der Waals surface area contributed by atoms with Crippen LogP contribution in [0.25, 0.3) is 0 Å². The number of aliphatic hydroxyl groups is 3. The van der Waals surface area contributed by atoms with Crippen molar-refractivity contribution >= 4 is 11.8 Å². The summed E-state index contributed by atoms with van der Waals surface area (Å²) in [5.74, 6) is 0.799. The van der Waals surface area contributed by atoms with Crippen molar-refractivity contribution in [2.24, 2.45) is 0 Å². The number of hydrogen-bond acceptors (Lipinski definition) is 11. The van der Waals surface area contributed by atoms with Crippen LogP contribution in [0.1, 0.15) is 6.92 Å². The minimum Gasteiger partial charge on any atom is -0.394 e. The molecule has 0 aromatic heterocycles. The third-order valence-electron chi connectivity index (χ3n) is 5.28. The van der Waals surface area contributed by atoms with E-state index in [1.54, 1.807) is 18.9 Å². The summed E-state index contributed by atoms with van der Waals surface area (Å²) in [6, 6.07) is 0. The van der Waals surface area contributed by atoms with Crippen LogP contribution in [0.4, 0.5) is 0 Å². The van der Waals surface area contributed by atoms with Crippen molar-refractivity contribution in [3.05, 3.63) is 0 Å². The van der Waals surface area contributed by atoms with Gasteiger partial charge in [-0.25, -0.2) is 0 Å². The summed E-state index contributed by atoms with van der Waals surface area (Å²) in [5.41, 5.74) is -0.337. The molecule has 0 aromatic carbocycles. The first-order chi connectivity index (χ1) is 14.0. The molecule has 10 atom stereocenters. The van der Waals surface area contributed by atoms with Crippen LogP contribution in [0.5, 0.6) is 0 Å². The van der Waals surface area contributed by atoms with Crippen LogP contribution in [-0.2, 0) is 33.2 Å². The molecule has 0 amide bonds. The molecule has 2 radical (unpaired) electrons. The maximum Gasteiger partial charge on any atom is 0.187 e. The van der Waals surface area contributed by atoms with Crippen LogP contribution in [-0.4, -0.2) is 123 Å². The summed E-state index contributed by atoms with van der Waals surface area (Å²) in [5, 5.41) is 29.9. The standard InChI is InChI=1S/C18H34O10S.2Ac/c1-6-29-18-16(25-5)14(23-3)12(10(8-20)27-18)28-17-15(24-4)13(22-2)11(21)9(7-19)26-17;;/h9-21H,6-8H2,1-5H3;;/t9?,10?,11-,12-,13+,14+,15?,16?,17-,18+;;/m1../s1. The number of hydrogen-bond donors (Lipinski definition) is 3. The van der Waals surface area contributed by atoms with E-state index < -0.39 is 61.7 Å². The van der Waals surface area contributed by atoms with Gasteiger partial charge >= 0.3 is 0 Å². The molecular formula is C18H34Ac2O10S. The normalized spacial score (nSPS) is 40.6. The number of rotatable bonds is 10. The average molecular weight is 897 g/mol. The van der Waals surface area contributed by atoms with Crippen LogP contribution < -0.4 is 0 Å². The Bertz CT molecular complexity index is 483. The van der Waals surface area contributed by atoms with Crippen molar-refractivity contribution in [1.82, 2.24) is 0 Å². The van der Waals surface area contributed by atoms with Gasteiger partial charge in [0, 0.05) is 117 Å². The minimum absolute atomic E-state index is 0. The molecule has 0 spiro atoms. The van der Waals surface area contributed by atoms with E-state index in [1.165, 1.54) is 21.3 Å². The molecule has 0 saturated carbocycles. The Morgan fingerprint density at radius 2 is 1.29 bits per heavy atom. The number of aliphatic hydroxyl groups excluding tert-OH is 3. The smallest absolute Gasteiger partial charge is 0.187 e. The van der Waals surface area contributed by atoms with Gasteiger partial charge in [-0.2, -0.15) is 0 Å². The Morgan fingerprint density at radius 3 is 1.74 bits per heavy atom. The molecule has 2 aliphatic rings. The maximum atomic E-state index is 10.4. The summed E-state index contributed by atoms with van der Waals surface area (Å²) in [7, 11) is 5.98. The second-order valence-electron chi connectivity index (χ2n) is 6.80. The van der Waals surface area contributed by atoms with Crippen molar-refractivity contribution in [3.8, 4) is 0 Å². The van der Waals surface area contributed by atoms with E-state index in [0.717, 1.165) is 5.75 Å². The predicted molar refractivity (Wildman–Crippen MR) is 104 cm³/mol. The van der Waals surface area contributed by atoms with E-state index in [4.69, 9.17) is 33.2 Å². The molecule has 178 valence electrons. The average Bonchev–Trinajstić information content (AvgIpc) is 2.74. The first kappa shape index (κ1) is 33.8. The Morgan fingerprint density at radius 1 is 0.742 bits per heavy atom.